The largest absolute Gasteiger partial charge is 0.344 e. The van der Waals surface area contributed by atoms with Crippen molar-refractivity contribution in [3.63, 3.8) is 0 Å². The minimum atomic E-state index is 0.0860. The fourth-order valence-electron chi connectivity index (χ4n) is 1.51. The summed E-state index contributed by atoms with van der Waals surface area (Å²) in [7, 11) is 1.74. The summed E-state index contributed by atoms with van der Waals surface area (Å²) in [5.74, 6) is 1.40. The molecule has 96 valence electrons. The smallest absolute Gasteiger partial charge is 0.232 e. The number of amides is 1. The van der Waals surface area contributed by atoms with Crippen molar-refractivity contribution < 1.29 is 4.79 Å². The molecule has 1 aromatic carbocycles. The van der Waals surface area contributed by atoms with Crippen LogP contribution in [0.4, 0.5) is 0 Å². The molecule has 0 heterocycles. The Balaban J connectivity index is 2.29. The normalized spacial score (nSPS) is 9.83. The summed E-state index contributed by atoms with van der Waals surface area (Å²) in [4.78, 5) is 13.3. The molecule has 0 aromatic heterocycles. The third kappa shape index (κ3) is 5.24. The van der Waals surface area contributed by atoms with Crippen molar-refractivity contribution >= 4 is 17.7 Å². The van der Waals surface area contributed by atoms with Crippen LogP contribution in [0.3, 0.4) is 0 Å². The van der Waals surface area contributed by atoms with Crippen LogP contribution >= 0.6 is 11.8 Å². The van der Waals surface area contributed by atoms with Gasteiger partial charge in [-0.3, -0.25) is 4.79 Å². The number of carbonyl (C=O) groups is 1. The van der Waals surface area contributed by atoms with Crippen LogP contribution in [0.25, 0.3) is 0 Å². The van der Waals surface area contributed by atoms with Crippen LogP contribution < -0.4 is 0 Å². The van der Waals surface area contributed by atoms with E-state index in [2.05, 4.69) is 25.1 Å². The monoisotopic (exact) mass is 262 g/mol. The maximum atomic E-state index is 11.7. The molecule has 1 amide bonds. The van der Waals surface area contributed by atoms with Gasteiger partial charge in [0.1, 0.15) is 0 Å². The van der Waals surface area contributed by atoms with Crippen molar-refractivity contribution in [1.29, 1.82) is 5.26 Å². The lowest BCUT2D eigenvalue weighted by atomic mass is 10.2. The first-order valence-corrected chi connectivity index (χ1v) is 7.03. The van der Waals surface area contributed by atoms with Crippen LogP contribution in [-0.2, 0) is 10.5 Å². The minimum absolute atomic E-state index is 0.0860. The molecule has 0 saturated heterocycles. The Labute approximate surface area is 113 Å². The molecule has 1 aromatic rings. The molecule has 0 atom stereocenters. The predicted molar refractivity (Wildman–Crippen MR) is 75.2 cm³/mol. The van der Waals surface area contributed by atoms with Crippen LogP contribution in [0, 0.1) is 18.3 Å². The lowest BCUT2D eigenvalue weighted by molar-refractivity contribution is -0.127. The van der Waals surface area contributed by atoms with Gasteiger partial charge < -0.3 is 4.90 Å². The molecular weight excluding hydrogens is 244 g/mol. The number of benzene rings is 1. The summed E-state index contributed by atoms with van der Waals surface area (Å²) in [5, 5.41) is 8.45. The van der Waals surface area contributed by atoms with Crippen molar-refractivity contribution in [2.75, 3.05) is 19.3 Å². The van der Waals surface area contributed by atoms with Gasteiger partial charge in [0, 0.05) is 19.3 Å². The van der Waals surface area contributed by atoms with Crippen LogP contribution in [0.2, 0.25) is 0 Å². The Hall–Kier alpha value is -1.47. The fraction of sp³-hybridized carbons (Fsp3) is 0.429. The van der Waals surface area contributed by atoms with E-state index < -0.39 is 0 Å². The van der Waals surface area contributed by atoms with Gasteiger partial charge in [-0.15, -0.1) is 11.8 Å². The van der Waals surface area contributed by atoms with Gasteiger partial charge in [0.15, 0.2) is 0 Å². The van der Waals surface area contributed by atoms with E-state index in [1.54, 1.807) is 23.7 Å². The highest BCUT2D eigenvalue weighted by Gasteiger charge is 2.07. The first kappa shape index (κ1) is 14.6. The zero-order valence-electron chi connectivity index (χ0n) is 10.8. The Kier molecular flexibility index (Phi) is 6.31. The molecule has 0 fully saturated rings. The standard InChI is InChI=1S/C14H18N2OS/c1-12-5-3-6-13(9-12)10-18-11-14(17)16(2)8-4-7-15/h3,5-6,9H,4,8,10-11H2,1-2H3. The number of nitrogens with zero attached hydrogens (tertiary/aromatic N) is 2. The van der Waals surface area contributed by atoms with Crippen LogP contribution in [0.15, 0.2) is 24.3 Å². The van der Waals surface area contributed by atoms with Crippen LogP contribution in [0.1, 0.15) is 17.5 Å². The van der Waals surface area contributed by atoms with E-state index in [-0.39, 0.29) is 5.91 Å². The average Bonchev–Trinajstić information content (AvgIpc) is 2.35. The fourth-order valence-corrected chi connectivity index (χ4v) is 2.42. The Morgan fingerprint density at radius 2 is 2.28 bits per heavy atom. The van der Waals surface area contributed by atoms with Crippen molar-refractivity contribution in [1.82, 2.24) is 4.90 Å². The summed E-state index contributed by atoms with van der Waals surface area (Å²) in [5.41, 5.74) is 2.48. The highest BCUT2D eigenvalue weighted by atomic mass is 32.2. The molecule has 0 N–H and O–H groups in total. The number of aryl methyl sites for hydroxylation is 1. The number of hydrogen-bond acceptors (Lipinski definition) is 3. The Morgan fingerprint density at radius 3 is 2.94 bits per heavy atom. The molecule has 3 nitrogen and oxygen atoms in total. The lowest BCUT2D eigenvalue weighted by Crippen LogP contribution is -2.29. The number of thioether (sulfide) groups is 1. The van der Waals surface area contributed by atoms with E-state index in [4.69, 9.17) is 5.26 Å². The second kappa shape index (κ2) is 7.78. The van der Waals surface area contributed by atoms with Gasteiger partial charge in [-0.2, -0.15) is 5.26 Å². The number of nitriles is 1. The highest BCUT2D eigenvalue weighted by Crippen LogP contribution is 2.13. The molecule has 0 bridgehead atoms. The number of rotatable bonds is 6. The molecule has 4 heteroatoms. The molecule has 0 radical (unpaired) electrons. The lowest BCUT2D eigenvalue weighted by Gasteiger charge is -2.14. The van der Waals surface area contributed by atoms with E-state index >= 15 is 0 Å². The molecule has 0 aliphatic heterocycles. The van der Waals surface area contributed by atoms with Crippen molar-refractivity contribution in [3.05, 3.63) is 35.4 Å². The average molecular weight is 262 g/mol. The van der Waals surface area contributed by atoms with Gasteiger partial charge in [0.25, 0.3) is 0 Å². The van der Waals surface area contributed by atoms with E-state index in [9.17, 15) is 4.79 Å². The van der Waals surface area contributed by atoms with E-state index in [0.717, 1.165) is 5.75 Å². The van der Waals surface area contributed by atoms with E-state index in [0.29, 0.717) is 18.7 Å². The topological polar surface area (TPSA) is 44.1 Å². The second-order valence-electron chi connectivity index (χ2n) is 4.21. The molecule has 0 unspecified atom stereocenters. The Morgan fingerprint density at radius 1 is 1.50 bits per heavy atom. The quantitative estimate of drug-likeness (QED) is 0.791. The van der Waals surface area contributed by atoms with E-state index in [1.165, 1.54) is 11.1 Å². The highest BCUT2D eigenvalue weighted by molar-refractivity contribution is 7.99. The van der Waals surface area contributed by atoms with Crippen molar-refractivity contribution in [3.8, 4) is 6.07 Å². The SMILES string of the molecule is Cc1cccc(CSCC(=O)N(C)CCC#N)c1. The summed E-state index contributed by atoms with van der Waals surface area (Å²) < 4.78 is 0. The van der Waals surface area contributed by atoms with Crippen molar-refractivity contribution in [2.24, 2.45) is 0 Å². The first-order chi connectivity index (χ1) is 8.63. The second-order valence-corrected chi connectivity index (χ2v) is 5.19. The first-order valence-electron chi connectivity index (χ1n) is 5.87. The third-order valence-electron chi connectivity index (χ3n) is 2.56. The van der Waals surface area contributed by atoms with Crippen molar-refractivity contribution in [2.45, 2.75) is 19.1 Å². The zero-order chi connectivity index (χ0) is 13.4. The van der Waals surface area contributed by atoms with E-state index in [1.807, 2.05) is 12.1 Å². The summed E-state index contributed by atoms with van der Waals surface area (Å²) >= 11 is 1.61. The molecular formula is C14H18N2OS. The third-order valence-corrected chi connectivity index (χ3v) is 3.55. The summed E-state index contributed by atoms with van der Waals surface area (Å²) in [6.45, 7) is 2.58. The molecule has 0 aliphatic carbocycles. The van der Waals surface area contributed by atoms with Gasteiger partial charge in [0.2, 0.25) is 5.91 Å². The van der Waals surface area contributed by atoms with Gasteiger partial charge in [-0.25, -0.2) is 0 Å². The molecule has 0 saturated carbocycles. The summed E-state index contributed by atoms with van der Waals surface area (Å²) in [6, 6.07) is 10.3. The van der Waals surface area contributed by atoms with Crippen LogP contribution in [0.5, 0.6) is 0 Å². The molecule has 0 spiro atoms. The number of carbonyl (C=O) groups excluding carboxylic acids is 1. The van der Waals surface area contributed by atoms with Gasteiger partial charge >= 0.3 is 0 Å². The van der Waals surface area contributed by atoms with Gasteiger partial charge in [-0.1, -0.05) is 29.8 Å². The van der Waals surface area contributed by atoms with Gasteiger partial charge in [-0.05, 0) is 12.5 Å². The van der Waals surface area contributed by atoms with Crippen LogP contribution in [-0.4, -0.2) is 30.2 Å². The molecule has 1 rings (SSSR count). The molecule has 18 heavy (non-hydrogen) atoms. The Bertz CT molecular complexity index is 440. The molecule has 0 aliphatic rings. The predicted octanol–water partition coefficient (Wildman–Crippen LogP) is 2.60. The minimum Gasteiger partial charge on any atom is -0.344 e. The van der Waals surface area contributed by atoms with Gasteiger partial charge in [0.05, 0.1) is 18.2 Å². The maximum absolute atomic E-state index is 11.7. The number of hydrogen-bond donors (Lipinski definition) is 0. The zero-order valence-corrected chi connectivity index (χ0v) is 11.7. The summed E-state index contributed by atoms with van der Waals surface area (Å²) in [6.07, 6.45) is 0.394. The maximum Gasteiger partial charge on any atom is 0.232 e.